The summed E-state index contributed by atoms with van der Waals surface area (Å²) in [6.07, 6.45) is 4.86. The number of rotatable bonds is 5. The summed E-state index contributed by atoms with van der Waals surface area (Å²) in [5, 5.41) is 5.06. The molecule has 7 heteroatoms. The van der Waals surface area contributed by atoms with Gasteiger partial charge in [0.2, 0.25) is 0 Å². The molecule has 0 unspecified atom stereocenters. The van der Waals surface area contributed by atoms with Crippen molar-refractivity contribution in [3.05, 3.63) is 65.6 Å². The Balaban J connectivity index is 1.64. The number of anilines is 2. The van der Waals surface area contributed by atoms with E-state index in [1.165, 1.54) is 0 Å². The Morgan fingerprint density at radius 1 is 1.15 bits per heavy atom. The Labute approximate surface area is 191 Å². The normalized spacial score (nSPS) is 13.7. The number of carbonyl (C=O) groups excluding carboxylic acids is 1. The van der Waals surface area contributed by atoms with Gasteiger partial charge in [0.15, 0.2) is 5.78 Å². The predicted octanol–water partition coefficient (Wildman–Crippen LogP) is 6.19. The van der Waals surface area contributed by atoms with Gasteiger partial charge in [-0.05, 0) is 54.3 Å². The SMILES string of the molecule is CCC(=O)c1cn(C)c2ccc(N3CCCc4cc(-c5cnn(C)c5)c(C(F)F)cc43)cc12. The van der Waals surface area contributed by atoms with Crippen molar-refractivity contribution in [3.63, 3.8) is 0 Å². The number of aryl methyl sites for hydroxylation is 3. The zero-order valence-electron chi connectivity index (χ0n) is 19.0. The van der Waals surface area contributed by atoms with Gasteiger partial charge >= 0.3 is 0 Å². The Bertz CT molecular complexity index is 1370. The first-order valence-electron chi connectivity index (χ1n) is 11.2. The highest BCUT2D eigenvalue weighted by atomic mass is 19.3. The van der Waals surface area contributed by atoms with Gasteiger partial charge in [0.25, 0.3) is 6.43 Å². The standard InChI is InChI=1S/C26H26F2N4O/c1-4-25(33)22-15-30(2)23-8-7-18(11-20(22)23)32-9-5-6-16-10-19(17-13-29-31(3)14-17)21(26(27)28)12-24(16)32/h7-8,10-15,26H,4-6,9H2,1-3H3. The zero-order chi connectivity index (χ0) is 23.3. The summed E-state index contributed by atoms with van der Waals surface area (Å²) in [5.74, 6) is 0.0953. The molecule has 4 aromatic rings. The summed E-state index contributed by atoms with van der Waals surface area (Å²) in [4.78, 5) is 14.6. The third-order valence-electron chi connectivity index (χ3n) is 6.53. The number of Topliss-reactive ketones (excluding diaryl/α,β-unsaturated/α-hetero) is 1. The van der Waals surface area contributed by atoms with Crippen LogP contribution >= 0.6 is 0 Å². The number of carbonyl (C=O) groups is 1. The molecule has 5 rings (SSSR count). The van der Waals surface area contributed by atoms with E-state index >= 15 is 0 Å². The Hall–Kier alpha value is -3.48. The van der Waals surface area contributed by atoms with Crippen molar-refractivity contribution in [3.8, 4) is 11.1 Å². The van der Waals surface area contributed by atoms with Crippen LogP contribution < -0.4 is 4.90 Å². The molecule has 2 aromatic carbocycles. The highest BCUT2D eigenvalue weighted by Crippen LogP contribution is 2.42. The van der Waals surface area contributed by atoms with Crippen molar-refractivity contribution in [1.82, 2.24) is 14.3 Å². The van der Waals surface area contributed by atoms with Gasteiger partial charge in [-0.2, -0.15) is 5.10 Å². The molecule has 0 amide bonds. The fraction of sp³-hybridized carbons (Fsp3) is 0.308. The molecule has 1 aliphatic rings. The maximum Gasteiger partial charge on any atom is 0.264 e. The van der Waals surface area contributed by atoms with E-state index in [1.54, 1.807) is 30.2 Å². The number of fused-ring (bicyclic) bond motifs is 2. The molecule has 0 spiro atoms. The smallest absolute Gasteiger partial charge is 0.264 e. The highest BCUT2D eigenvalue weighted by Gasteiger charge is 2.25. The topological polar surface area (TPSA) is 43.1 Å². The molecule has 0 atom stereocenters. The maximum atomic E-state index is 14.1. The van der Waals surface area contributed by atoms with E-state index in [0.29, 0.717) is 23.1 Å². The van der Waals surface area contributed by atoms with Crippen molar-refractivity contribution in [2.24, 2.45) is 14.1 Å². The number of alkyl halides is 2. The minimum atomic E-state index is -2.60. The summed E-state index contributed by atoms with van der Waals surface area (Å²) in [5.41, 5.74) is 5.69. The van der Waals surface area contributed by atoms with Crippen molar-refractivity contribution in [2.75, 3.05) is 11.4 Å². The number of ketones is 1. The van der Waals surface area contributed by atoms with Crippen molar-refractivity contribution >= 4 is 28.1 Å². The van der Waals surface area contributed by atoms with E-state index in [-0.39, 0.29) is 11.3 Å². The second kappa shape index (κ2) is 8.14. The molecular formula is C26H26F2N4O. The van der Waals surface area contributed by atoms with Crippen molar-refractivity contribution < 1.29 is 13.6 Å². The predicted molar refractivity (Wildman–Crippen MR) is 126 cm³/mol. The second-order valence-corrected chi connectivity index (χ2v) is 8.66. The van der Waals surface area contributed by atoms with E-state index in [2.05, 4.69) is 10.00 Å². The lowest BCUT2D eigenvalue weighted by atomic mass is 9.92. The first kappa shape index (κ1) is 21.4. The number of nitrogens with zero attached hydrogens (tertiary/aromatic N) is 4. The minimum Gasteiger partial charge on any atom is -0.350 e. The van der Waals surface area contributed by atoms with Crippen LogP contribution in [0.5, 0.6) is 0 Å². The molecule has 2 aromatic heterocycles. The number of benzene rings is 2. The van der Waals surface area contributed by atoms with Crippen LogP contribution in [0, 0.1) is 0 Å². The molecule has 0 saturated heterocycles. The van der Waals surface area contributed by atoms with E-state index in [1.807, 2.05) is 49.0 Å². The molecule has 3 heterocycles. The second-order valence-electron chi connectivity index (χ2n) is 8.66. The van der Waals surface area contributed by atoms with E-state index in [0.717, 1.165) is 47.2 Å². The molecule has 1 aliphatic heterocycles. The summed E-state index contributed by atoms with van der Waals surface area (Å²) >= 11 is 0. The van der Waals surface area contributed by atoms with Crippen LogP contribution in [0.2, 0.25) is 0 Å². The Morgan fingerprint density at radius 2 is 1.97 bits per heavy atom. The molecule has 0 N–H and O–H groups in total. The molecule has 0 saturated carbocycles. The van der Waals surface area contributed by atoms with Crippen LogP contribution in [0.25, 0.3) is 22.0 Å². The highest BCUT2D eigenvalue weighted by molar-refractivity contribution is 6.08. The van der Waals surface area contributed by atoms with Crippen molar-refractivity contribution in [1.29, 1.82) is 0 Å². The fourth-order valence-electron chi connectivity index (χ4n) is 4.87. The average molecular weight is 449 g/mol. The minimum absolute atomic E-state index is 0.0105. The van der Waals surface area contributed by atoms with Gasteiger partial charge in [0.1, 0.15) is 0 Å². The van der Waals surface area contributed by atoms with Crippen molar-refractivity contribution in [2.45, 2.75) is 32.6 Å². The van der Waals surface area contributed by atoms with Gasteiger partial charge in [-0.15, -0.1) is 0 Å². The van der Waals surface area contributed by atoms with Crippen LogP contribution in [0.3, 0.4) is 0 Å². The van der Waals surface area contributed by atoms with Gasteiger partial charge < -0.3 is 9.47 Å². The Kier molecular flexibility index (Phi) is 5.27. The largest absolute Gasteiger partial charge is 0.350 e. The van der Waals surface area contributed by atoms with Gasteiger partial charge in [0, 0.05) is 78.4 Å². The average Bonchev–Trinajstić information content (AvgIpc) is 3.40. The molecule has 0 bridgehead atoms. The van der Waals surface area contributed by atoms with E-state index in [4.69, 9.17) is 0 Å². The van der Waals surface area contributed by atoms with Gasteiger partial charge in [-0.3, -0.25) is 9.48 Å². The first-order chi connectivity index (χ1) is 15.9. The molecular weight excluding hydrogens is 422 g/mol. The van der Waals surface area contributed by atoms with Gasteiger partial charge in [0.05, 0.1) is 6.20 Å². The monoisotopic (exact) mass is 448 g/mol. The summed E-state index contributed by atoms with van der Waals surface area (Å²) < 4.78 is 31.8. The lowest BCUT2D eigenvalue weighted by Gasteiger charge is -2.32. The molecule has 0 fully saturated rings. The maximum absolute atomic E-state index is 14.1. The summed E-state index contributed by atoms with van der Waals surface area (Å²) in [6.45, 7) is 2.59. The van der Waals surface area contributed by atoms with E-state index < -0.39 is 6.43 Å². The number of hydrogen-bond donors (Lipinski definition) is 0. The summed E-state index contributed by atoms with van der Waals surface area (Å²) in [6, 6.07) is 9.56. The number of hydrogen-bond acceptors (Lipinski definition) is 3. The lowest BCUT2D eigenvalue weighted by molar-refractivity contribution is 0.0989. The van der Waals surface area contributed by atoms with Crippen LogP contribution in [0.15, 0.2) is 48.9 Å². The molecule has 0 radical (unpaired) electrons. The molecule has 33 heavy (non-hydrogen) atoms. The number of aromatic nitrogens is 3. The van der Waals surface area contributed by atoms with E-state index in [9.17, 15) is 13.6 Å². The summed E-state index contributed by atoms with van der Waals surface area (Å²) in [7, 11) is 3.71. The molecule has 5 nitrogen and oxygen atoms in total. The molecule has 170 valence electrons. The third-order valence-corrected chi connectivity index (χ3v) is 6.53. The number of halogens is 2. The fourth-order valence-corrected chi connectivity index (χ4v) is 4.87. The molecule has 0 aliphatic carbocycles. The quantitative estimate of drug-likeness (QED) is 0.342. The first-order valence-corrected chi connectivity index (χ1v) is 11.2. The van der Waals surface area contributed by atoms with Crippen LogP contribution in [0.1, 0.15) is 47.7 Å². The van der Waals surface area contributed by atoms with Crippen LogP contribution in [0.4, 0.5) is 20.2 Å². The third kappa shape index (κ3) is 3.61. The van der Waals surface area contributed by atoms with Gasteiger partial charge in [-0.1, -0.05) is 6.92 Å². The van der Waals surface area contributed by atoms with Crippen LogP contribution in [-0.2, 0) is 20.5 Å². The van der Waals surface area contributed by atoms with Gasteiger partial charge in [-0.25, -0.2) is 8.78 Å². The lowest BCUT2D eigenvalue weighted by Crippen LogP contribution is -2.25. The zero-order valence-corrected chi connectivity index (χ0v) is 19.0. The van der Waals surface area contributed by atoms with Crippen LogP contribution in [-0.4, -0.2) is 26.7 Å². The Morgan fingerprint density at radius 3 is 2.67 bits per heavy atom.